The van der Waals surface area contributed by atoms with Crippen LogP contribution in [-0.4, -0.2) is 68.3 Å². The molecule has 0 bridgehead atoms. The molecule has 4 heterocycles. The van der Waals surface area contributed by atoms with Gasteiger partial charge in [-0.3, -0.25) is 19.3 Å². The molecule has 0 aliphatic carbocycles. The maximum absolute atomic E-state index is 15.5. The second kappa shape index (κ2) is 15.6. The van der Waals surface area contributed by atoms with Crippen molar-refractivity contribution in [3.8, 4) is 11.5 Å². The van der Waals surface area contributed by atoms with Crippen LogP contribution in [0.5, 0.6) is 11.5 Å². The maximum atomic E-state index is 15.5. The third kappa shape index (κ3) is 6.64. The largest absolute Gasteiger partial charge is 0.497 e. The van der Waals surface area contributed by atoms with Gasteiger partial charge >= 0.3 is 0 Å². The van der Waals surface area contributed by atoms with Crippen molar-refractivity contribution in [2.75, 3.05) is 30.1 Å². The number of aliphatic hydroxyl groups excluding tert-OH is 1. The van der Waals surface area contributed by atoms with E-state index in [-0.39, 0.29) is 61.4 Å². The summed E-state index contributed by atoms with van der Waals surface area (Å²) in [6.45, 7) is 7.23. The van der Waals surface area contributed by atoms with Gasteiger partial charge in [0.05, 0.1) is 58.3 Å². The molecule has 1 spiro atoms. The minimum atomic E-state index is -2.54. The van der Waals surface area contributed by atoms with Crippen molar-refractivity contribution >= 4 is 64.0 Å². The number of carbonyl (C=O) groups excluding carboxylic acids is 3. The number of hydrogen-bond acceptors (Lipinski definition) is 7. The number of aliphatic hydroxyl groups is 1. The summed E-state index contributed by atoms with van der Waals surface area (Å²) in [4.78, 5) is 48.5. The molecular weight excluding hydrogens is 839 g/mol. The van der Waals surface area contributed by atoms with E-state index in [1.165, 1.54) is 5.19 Å². The summed E-state index contributed by atoms with van der Waals surface area (Å²) < 4.78 is 19.3. The highest BCUT2D eigenvalue weighted by atomic mass is 79.9. The van der Waals surface area contributed by atoms with Crippen molar-refractivity contribution in [1.82, 2.24) is 4.90 Å². The van der Waals surface area contributed by atoms with Gasteiger partial charge in [0, 0.05) is 28.2 Å². The van der Waals surface area contributed by atoms with E-state index in [1.807, 2.05) is 102 Å². The van der Waals surface area contributed by atoms with Crippen molar-refractivity contribution in [1.29, 1.82) is 0 Å². The number of anilines is 3. The van der Waals surface area contributed by atoms with E-state index >= 15 is 4.79 Å². The topological polar surface area (TPSA) is 109 Å². The molecule has 1 fully saturated rings. The van der Waals surface area contributed by atoms with Crippen LogP contribution in [0.25, 0.3) is 0 Å². The van der Waals surface area contributed by atoms with Crippen LogP contribution in [0.1, 0.15) is 35.6 Å². The van der Waals surface area contributed by atoms with E-state index in [2.05, 4.69) is 54.1 Å². The van der Waals surface area contributed by atoms with Gasteiger partial charge < -0.3 is 29.1 Å². The van der Waals surface area contributed by atoms with Crippen LogP contribution in [0.3, 0.4) is 0 Å². The van der Waals surface area contributed by atoms with Gasteiger partial charge in [-0.1, -0.05) is 102 Å². The molecule has 10 nitrogen and oxygen atoms in total. The van der Waals surface area contributed by atoms with Gasteiger partial charge in [-0.15, -0.1) is 0 Å². The lowest BCUT2D eigenvalue weighted by atomic mass is 9.82. The highest BCUT2D eigenvalue weighted by Crippen LogP contribution is 2.60. The molecule has 3 amide bonds. The zero-order valence-electron chi connectivity index (χ0n) is 34.1. The van der Waals surface area contributed by atoms with Gasteiger partial charge in [-0.05, 0) is 83.2 Å². The maximum Gasteiger partial charge on any atom is 0.269 e. The third-order valence-electron chi connectivity index (χ3n) is 13.3. The van der Waals surface area contributed by atoms with Crippen LogP contribution in [0, 0.1) is 5.92 Å². The number of amides is 3. The summed E-state index contributed by atoms with van der Waals surface area (Å²) in [5.74, 6) is 0.678. The van der Waals surface area contributed by atoms with E-state index in [1.54, 1.807) is 16.9 Å². The first kappa shape index (κ1) is 40.1. The molecular formula is C48H48BrN3O7Si. The lowest BCUT2D eigenvalue weighted by molar-refractivity contribution is -0.151. The van der Waals surface area contributed by atoms with Crippen molar-refractivity contribution in [3.05, 3.63) is 142 Å². The van der Waals surface area contributed by atoms with E-state index in [0.29, 0.717) is 30.1 Å². The second-order valence-electron chi connectivity index (χ2n) is 16.9. The molecule has 1 saturated heterocycles. The Balaban J connectivity index is 1.07. The number of rotatable bonds is 9. The lowest BCUT2D eigenvalue weighted by Crippen LogP contribution is -2.52. The quantitative estimate of drug-likeness (QED) is 0.152. The second-order valence-corrected chi connectivity index (χ2v) is 22.5. The average molecular weight is 887 g/mol. The summed E-state index contributed by atoms with van der Waals surface area (Å²) >= 11 is 3.71. The van der Waals surface area contributed by atoms with Gasteiger partial charge in [0.1, 0.15) is 11.5 Å². The molecule has 5 atom stereocenters. The average Bonchev–Trinajstić information content (AvgIpc) is 3.68. The minimum absolute atomic E-state index is 0.0482. The fourth-order valence-electron chi connectivity index (χ4n) is 10.3. The number of nitrogens with zero attached hydrogens (tertiary/aromatic N) is 3. The third-order valence-corrected chi connectivity index (χ3v) is 18.2. The fourth-order valence-corrected chi connectivity index (χ4v) is 14.7. The number of hydrogen-bond donors (Lipinski definition) is 1. The molecule has 5 aromatic carbocycles. The van der Waals surface area contributed by atoms with Crippen LogP contribution < -0.4 is 24.5 Å². The summed E-state index contributed by atoms with van der Waals surface area (Å²) in [5, 5.41) is 11.7. The number of halogens is 1. The molecule has 0 saturated carbocycles. The Labute approximate surface area is 359 Å². The van der Waals surface area contributed by atoms with Crippen LogP contribution in [0.15, 0.2) is 120 Å². The summed E-state index contributed by atoms with van der Waals surface area (Å²) in [6.07, 6.45) is 0.0616. The van der Waals surface area contributed by atoms with Gasteiger partial charge in [-0.25, -0.2) is 0 Å². The molecule has 5 aromatic rings. The Morgan fingerprint density at radius 2 is 1.63 bits per heavy atom. The van der Waals surface area contributed by atoms with Gasteiger partial charge in [0.15, 0.2) is 12.2 Å². The Bertz CT molecular complexity index is 2480. The molecule has 60 heavy (non-hydrogen) atoms. The van der Waals surface area contributed by atoms with Gasteiger partial charge in [0.25, 0.3) is 11.8 Å². The molecule has 0 aromatic heterocycles. The molecule has 0 radical (unpaired) electrons. The van der Waals surface area contributed by atoms with Crippen LogP contribution in [0.4, 0.5) is 17.1 Å². The first-order valence-corrected chi connectivity index (χ1v) is 24.4. The number of carbonyl (C=O) groups is 3. The number of para-hydroxylation sites is 2. The smallest absolute Gasteiger partial charge is 0.269 e. The molecule has 0 unspecified atom stereocenters. The zero-order valence-corrected chi connectivity index (χ0v) is 36.7. The normalized spacial score (nSPS) is 23.3. The highest BCUT2D eigenvalue weighted by molar-refractivity contribution is 9.10. The molecule has 1 N–H and O–H groups in total. The van der Waals surface area contributed by atoms with E-state index in [9.17, 15) is 14.7 Å². The van der Waals surface area contributed by atoms with Gasteiger partial charge in [-0.2, -0.15) is 0 Å². The molecule has 12 heteroatoms. The standard InChI is InChI=1S/C48H48BrN3O7Si/c1-30-46(60(3,4)38-20-18-37(57-2)19-21-38)43(25-44(54)50-27-33-10-6-5-9-32(33)23-36(50)28-53)59-48(30)39-24-34(49)15-22-40(39)51(47(48)56)26-31-13-16-35(17-14-31)52-41-11-7-8-12-42(41)58-29-45(52)55/h5-22,24,30,36,43,46,53H,23,25-29H2,1-4H3/t30-,36+,43+,46-,48+/m1/s1. The van der Waals surface area contributed by atoms with E-state index in [0.717, 1.165) is 38.2 Å². The Hall–Kier alpha value is -5.27. The lowest BCUT2D eigenvalue weighted by Gasteiger charge is -2.39. The number of benzene rings is 5. The van der Waals surface area contributed by atoms with Crippen molar-refractivity contribution in [3.63, 3.8) is 0 Å². The first-order chi connectivity index (χ1) is 28.9. The van der Waals surface area contributed by atoms with E-state index < -0.39 is 19.8 Å². The van der Waals surface area contributed by atoms with E-state index in [4.69, 9.17) is 14.2 Å². The molecule has 308 valence electrons. The van der Waals surface area contributed by atoms with Crippen LogP contribution in [0.2, 0.25) is 18.6 Å². The van der Waals surface area contributed by atoms with Crippen molar-refractivity contribution < 1.29 is 33.7 Å². The minimum Gasteiger partial charge on any atom is -0.497 e. The van der Waals surface area contributed by atoms with Gasteiger partial charge in [0.2, 0.25) is 5.91 Å². The Kier molecular flexibility index (Phi) is 10.5. The zero-order chi connectivity index (χ0) is 41.9. The molecule has 9 rings (SSSR count). The summed E-state index contributed by atoms with van der Waals surface area (Å²) in [7, 11) is -0.887. The summed E-state index contributed by atoms with van der Waals surface area (Å²) in [5.41, 5.74) is 4.53. The Morgan fingerprint density at radius 1 is 0.917 bits per heavy atom. The predicted octanol–water partition coefficient (Wildman–Crippen LogP) is 7.61. The number of methoxy groups -OCH3 is 1. The number of fused-ring (bicyclic) bond motifs is 4. The van der Waals surface area contributed by atoms with Crippen LogP contribution >= 0.6 is 15.9 Å². The Morgan fingerprint density at radius 3 is 2.37 bits per heavy atom. The predicted molar refractivity (Wildman–Crippen MR) is 237 cm³/mol. The molecule has 4 aliphatic heterocycles. The highest BCUT2D eigenvalue weighted by Gasteiger charge is 2.66. The fraction of sp³-hybridized carbons (Fsp3) is 0.312. The summed E-state index contributed by atoms with van der Waals surface area (Å²) in [6, 6.07) is 37.0. The first-order valence-electron chi connectivity index (χ1n) is 20.5. The van der Waals surface area contributed by atoms with Crippen LogP contribution in [-0.2, 0) is 44.2 Å². The molecule has 4 aliphatic rings. The van der Waals surface area contributed by atoms with Crippen molar-refractivity contribution in [2.45, 2.75) is 69.2 Å². The monoisotopic (exact) mass is 885 g/mol. The number of ether oxygens (including phenoxy) is 3. The SMILES string of the molecule is COc1ccc([Si](C)(C)[C@H]2[C@H](CC(=O)N3Cc4ccccc4C[C@H]3CO)O[C@@]3(C(=O)N(Cc4ccc(N5C(=O)COc6ccccc65)cc4)c4ccc(Br)cc43)[C@@H]2C)cc1. The van der Waals surface area contributed by atoms with Crippen molar-refractivity contribution in [2.24, 2.45) is 5.92 Å².